The van der Waals surface area contributed by atoms with Gasteiger partial charge in [-0.05, 0) is 81.8 Å². The number of amides is 1. The van der Waals surface area contributed by atoms with Crippen LogP contribution in [0.4, 0.5) is 5.69 Å². The number of aromatic hydroxyl groups is 1. The Morgan fingerprint density at radius 3 is 2.33 bits per heavy atom. The highest BCUT2D eigenvalue weighted by Crippen LogP contribution is 2.52. The Morgan fingerprint density at radius 2 is 1.77 bits per heavy atom. The molecule has 1 aromatic carbocycles. The fourth-order valence-electron chi connectivity index (χ4n) is 7.93. The fraction of sp³-hybridized carbons (Fsp3) is 0.656. The molecule has 0 aliphatic heterocycles. The number of ketones is 4. The zero-order valence-electron chi connectivity index (χ0n) is 25.8. The number of hydrogen-bond acceptors (Lipinski definition) is 10. The summed E-state index contributed by atoms with van der Waals surface area (Å²) >= 11 is 0. The molecule has 0 radical (unpaired) electrons. The monoisotopic (exact) mass is 596 g/mol. The Kier molecular flexibility index (Phi) is 8.30. The lowest BCUT2D eigenvalue weighted by Gasteiger charge is -2.52. The predicted molar refractivity (Wildman–Crippen MR) is 159 cm³/mol. The van der Waals surface area contributed by atoms with E-state index >= 15 is 0 Å². The van der Waals surface area contributed by atoms with Crippen molar-refractivity contribution in [2.24, 2.45) is 35.3 Å². The van der Waals surface area contributed by atoms with Crippen LogP contribution in [-0.4, -0.2) is 102 Å². The summed E-state index contributed by atoms with van der Waals surface area (Å²) < 4.78 is 0. The number of likely N-dealkylation sites (N-methyl/N-ethyl adjacent to an activating group) is 1. The third kappa shape index (κ3) is 5.09. The Hall–Kier alpha value is -3.15. The van der Waals surface area contributed by atoms with Crippen LogP contribution < -0.4 is 10.6 Å². The number of primary amides is 1. The number of anilines is 1. The van der Waals surface area contributed by atoms with Gasteiger partial charge in [0, 0.05) is 38.8 Å². The maximum absolute atomic E-state index is 14.1. The molecule has 2 unspecified atom stereocenters. The molecule has 1 amide bonds. The van der Waals surface area contributed by atoms with Gasteiger partial charge in [0.1, 0.15) is 5.75 Å². The first-order valence-corrected chi connectivity index (χ1v) is 15.4. The van der Waals surface area contributed by atoms with Crippen LogP contribution in [0.2, 0.25) is 0 Å². The number of phenolic OH excluding ortho intramolecular Hbond substituents is 1. The van der Waals surface area contributed by atoms with Crippen LogP contribution >= 0.6 is 0 Å². The van der Waals surface area contributed by atoms with Crippen molar-refractivity contribution in [1.82, 2.24) is 9.80 Å². The van der Waals surface area contributed by atoms with Crippen LogP contribution in [0.15, 0.2) is 6.07 Å². The molecule has 234 valence electrons. The highest BCUT2D eigenvalue weighted by atomic mass is 16.3. The van der Waals surface area contributed by atoms with Gasteiger partial charge < -0.3 is 20.8 Å². The minimum atomic E-state index is -2.72. The molecule has 5 rings (SSSR count). The predicted octanol–water partition coefficient (Wildman–Crippen LogP) is 0.945. The second kappa shape index (κ2) is 11.4. The van der Waals surface area contributed by atoms with Crippen molar-refractivity contribution in [3.63, 3.8) is 0 Å². The van der Waals surface area contributed by atoms with E-state index in [1.165, 1.54) is 17.7 Å². The minimum absolute atomic E-state index is 0.0290. The molecular weight excluding hydrogens is 552 g/mol. The zero-order valence-corrected chi connectivity index (χ0v) is 25.8. The SMILES string of the molecule is CCCCN(Cc1cc(O)c2c(c1N(C)C)C[C@H]1C[C@H]3[C@H](N(C)C)C(=O)C(C(N)=O)C(=O)[C@@]3(O)C(=O)C1C2=O)CC1CC1. The number of nitrogens with zero attached hydrogens (tertiary/aromatic N) is 3. The molecule has 0 saturated heterocycles. The summed E-state index contributed by atoms with van der Waals surface area (Å²) in [6.07, 6.45) is 4.84. The van der Waals surface area contributed by atoms with Crippen molar-refractivity contribution < 1.29 is 34.2 Å². The average Bonchev–Trinajstić information content (AvgIpc) is 3.72. The number of carbonyl (C=O) groups excluding carboxylic acids is 5. The number of unbranched alkanes of at least 4 members (excludes halogenated alkanes) is 1. The maximum Gasteiger partial charge on any atom is 0.235 e. The number of hydrogen-bond donors (Lipinski definition) is 3. The molecule has 11 nitrogen and oxygen atoms in total. The van der Waals surface area contributed by atoms with Crippen LogP contribution in [-0.2, 0) is 32.1 Å². The van der Waals surface area contributed by atoms with E-state index in [1.807, 2.05) is 19.0 Å². The summed E-state index contributed by atoms with van der Waals surface area (Å²) in [5, 5.41) is 23.1. The number of phenols is 1. The van der Waals surface area contributed by atoms with Crippen LogP contribution in [0.5, 0.6) is 5.75 Å². The maximum atomic E-state index is 14.1. The summed E-state index contributed by atoms with van der Waals surface area (Å²) in [7, 11) is 6.93. The summed E-state index contributed by atoms with van der Waals surface area (Å²) in [5.41, 5.74) is 5.05. The lowest BCUT2D eigenvalue weighted by atomic mass is 9.52. The van der Waals surface area contributed by atoms with Crippen LogP contribution in [0.3, 0.4) is 0 Å². The van der Waals surface area contributed by atoms with E-state index in [0.29, 0.717) is 18.0 Å². The first-order chi connectivity index (χ1) is 20.2. The van der Waals surface area contributed by atoms with Gasteiger partial charge in [0.2, 0.25) is 5.91 Å². The zero-order chi connectivity index (χ0) is 31.5. The number of fused-ring (bicyclic) bond motifs is 3. The molecule has 3 fully saturated rings. The number of carbonyl (C=O) groups is 5. The number of aliphatic hydroxyl groups is 1. The summed E-state index contributed by atoms with van der Waals surface area (Å²) in [6, 6.07) is 0.489. The Morgan fingerprint density at radius 1 is 1.09 bits per heavy atom. The first-order valence-electron chi connectivity index (χ1n) is 15.4. The van der Waals surface area contributed by atoms with Crippen molar-refractivity contribution in [1.29, 1.82) is 0 Å². The third-order valence-electron chi connectivity index (χ3n) is 10.00. The lowest BCUT2D eigenvalue weighted by molar-refractivity contribution is -0.181. The highest BCUT2D eigenvalue weighted by Gasteiger charge is 2.69. The molecule has 0 spiro atoms. The molecule has 11 heteroatoms. The Bertz CT molecular complexity index is 1370. The minimum Gasteiger partial charge on any atom is -0.507 e. The van der Waals surface area contributed by atoms with Gasteiger partial charge in [0.15, 0.2) is 34.7 Å². The van der Waals surface area contributed by atoms with Crippen LogP contribution in [0.1, 0.15) is 60.5 Å². The number of rotatable bonds is 10. The average molecular weight is 597 g/mol. The van der Waals surface area contributed by atoms with Crippen molar-refractivity contribution in [2.75, 3.05) is 46.2 Å². The quantitative estimate of drug-likeness (QED) is 0.332. The molecule has 0 heterocycles. The molecule has 1 aromatic rings. The van der Waals surface area contributed by atoms with Crippen LogP contribution in [0.25, 0.3) is 0 Å². The van der Waals surface area contributed by atoms with Gasteiger partial charge in [0.05, 0.1) is 17.5 Å². The second-order valence-corrected chi connectivity index (χ2v) is 13.5. The molecular formula is C32H44N4O7. The molecule has 3 saturated carbocycles. The topological polar surface area (TPSA) is 162 Å². The summed E-state index contributed by atoms with van der Waals surface area (Å²) in [6.45, 7) is 4.66. The number of benzene rings is 1. The standard InChI is InChI=1S/C32H44N4O7/c1-6-7-10-36(14-16-8-9-16)15-18-13-21(37)23-19(25(18)34(2)3)11-17-12-20-26(35(4)5)28(39)24(31(33)42)30(41)32(20,43)29(40)22(17)27(23)38/h13,16-17,20,22,24,26,37,43H,6-12,14-15H2,1-5H3,(H2,33,42)/t17-,20-,22?,24?,26-,32-/m0/s1. The van der Waals surface area contributed by atoms with E-state index in [-0.39, 0.29) is 24.2 Å². The first kappa shape index (κ1) is 31.3. The van der Waals surface area contributed by atoms with E-state index in [9.17, 15) is 34.2 Å². The smallest absolute Gasteiger partial charge is 0.235 e. The van der Waals surface area contributed by atoms with Gasteiger partial charge in [-0.25, -0.2) is 0 Å². The van der Waals surface area contributed by atoms with Gasteiger partial charge in [-0.1, -0.05) is 13.3 Å². The Balaban J connectivity index is 1.58. The van der Waals surface area contributed by atoms with Gasteiger partial charge in [0.25, 0.3) is 0 Å². The second-order valence-electron chi connectivity index (χ2n) is 13.5. The fourth-order valence-corrected chi connectivity index (χ4v) is 7.93. The van der Waals surface area contributed by atoms with E-state index in [4.69, 9.17) is 5.73 Å². The molecule has 0 bridgehead atoms. The Labute approximate surface area is 252 Å². The molecule has 43 heavy (non-hydrogen) atoms. The molecule has 6 atom stereocenters. The number of Topliss-reactive ketones (excluding diaryl/α,β-unsaturated/α-hetero) is 4. The lowest BCUT2D eigenvalue weighted by Crippen LogP contribution is -2.74. The van der Waals surface area contributed by atoms with Gasteiger partial charge in [-0.15, -0.1) is 0 Å². The van der Waals surface area contributed by atoms with Crippen molar-refractivity contribution in [3.05, 3.63) is 22.8 Å². The van der Waals surface area contributed by atoms with E-state index in [2.05, 4.69) is 11.8 Å². The highest BCUT2D eigenvalue weighted by molar-refractivity contribution is 6.32. The third-order valence-corrected chi connectivity index (χ3v) is 10.00. The normalized spacial score (nSPS) is 30.4. The molecule has 0 aromatic heterocycles. The molecule has 4 aliphatic rings. The van der Waals surface area contributed by atoms with Crippen LogP contribution in [0, 0.1) is 29.6 Å². The van der Waals surface area contributed by atoms with Crippen molar-refractivity contribution >= 4 is 34.7 Å². The van der Waals surface area contributed by atoms with E-state index in [0.717, 1.165) is 37.2 Å². The van der Waals surface area contributed by atoms with Gasteiger partial charge in [-0.3, -0.25) is 33.8 Å². The van der Waals surface area contributed by atoms with E-state index in [1.54, 1.807) is 20.2 Å². The summed E-state index contributed by atoms with van der Waals surface area (Å²) in [4.78, 5) is 73.0. The summed E-state index contributed by atoms with van der Waals surface area (Å²) in [5.74, 6) is -9.61. The van der Waals surface area contributed by atoms with Crippen molar-refractivity contribution in [2.45, 2.75) is 63.6 Å². The van der Waals surface area contributed by atoms with Crippen molar-refractivity contribution in [3.8, 4) is 5.75 Å². The largest absolute Gasteiger partial charge is 0.507 e. The molecule has 4 N–H and O–H groups in total. The van der Waals surface area contributed by atoms with E-state index < -0.39 is 64.4 Å². The number of nitrogens with two attached hydrogens (primary N) is 1. The molecule has 4 aliphatic carbocycles. The van der Waals surface area contributed by atoms with Gasteiger partial charge >= 0.3 is 0 Å². The van der Waals surface area contributed by atoms with Gasteiger partial charge in [-0.2, -0.15) is 0 Å².